The van der Waals surface area contributed by atoms with Gasteiger partial charge in [-0.25, -0.2) is 15.0 Å². The number of benzene rings is 1. The first kappa shape index (κ1) is 18.1. The fraction of sp³-hybridized carbons (Fsp3) is 0.273. The van der Waals surface area contributed by atoms with Crippen LogP contribution in [0.5, 0.6) is 0 Å². The Morgan fingerprint density at radius 2 is 2.04 bits per heavy atom. The minimum absolute atomic E-state index is 0.0281. The van der Waals surface area contributed by atoms with Crippen LogP contribution in [-0.2, 0) is 19.4 Å². The molecule has 0 spiro atoms. The average Bonchev–Trinajstić information content (AvgIpc) is 2.68. The molecular formula is C22H23N5O. The number of hydrogen-bond acceptors (Lipinski definition) is 6. The monoisotopic (exact) mass is 373 g/mol. The number of rotatable bonds is 4. The standard InChI is InChI=1S/C22H23N5O/c1-14-4-3-5-16(10-14)11-20(28)19-7-6-15(2)21(25-19)27-9-8-18-17(13-27)12-24-22(23)26-18/h3-7,10,12H,8-9,11,13H2,1-2H3,(H2,23,24,26). The minimum atomic E-state index is 0.0281. The summed E-state index contributed by atoms with van der Waals surface area (Å²) in [5, 5.41) is 0. The van der Waals surface area contributed by atoms with Gasteiger partial charge in [-0.1, -0.05) is 35.9 Å². The zero-order valence-electron chi connectivity index (χ0n) is 16.1. The van der Waals surface area contributed by atoms with Crippen LogP contribution in [0.1, 0.15) is 38.4 Å². The number of nitrogens with zero attached hydrogens (tertiary/aromatic N) is 4. The summed E-state index contributed by atoms with van der Waals surface area (Å²) in [4.78, 5) is 28.1. The summed E-state index contributed by atoms with van der Waals surface area (Å²) >= 11 is 0. The van der Waals surface area contributed by atoms with Crippen molar-refractivity contribution in [2.24, 2.45) is 0 Å². The third kappa shape index (κ3) is 3.71. The lowest BCUT2D eigenvalue weighted by Gasteiger charge is -2.30. The van der Waals surface area contributed by atoms with Crippen LogP contribution in [0.25, 0.3) is 0 Å². The number of anilines is 2. The third-order valence-electron chi connectivity index (χ3n) is 5.06. The van der Waals surface area contributed by atoms with Crippen molar-refractivity contribution >= 4 is 17.5 Å². The molecule has 0 bridgehead atoms. The van der Waals surface area contributed by atoms with E-state index in [-0.39, 0.29) is 5.78 Å². The summed E-state index contributed by atoms with van der Waals surface area (Å²) in [6.07, 6.45) is 2.92. The van der Waals surface area contributed by atoms with Crippen molar-refractivity contribution in [1.29, 1.82) is 0 Å². The van der Waals surface area contributed by atoms with Crippen molar-refractivity contribution in [1.82, 2.24) is 15.0 Å². The number of Topliss-reactive ketones (excluding diaryl/α,β-unsaturated/α-hetero) is 1. The molecule has 3 aromatic rings. The third-order valence-corrected chi connectivity index (χ3v) is 5.06. The van der Waals surface area contributed by atoms with Gasteiger partial charge in [0.2, 0.25) is 5.95 Å². The Morgan fingerprint density at radius 1 is 1.18 bits per heavy atom. The summed E-state index contributed by atoms with van der Waals surface area (Å²) in [5.74, 6) is 1.18. The molecule has 0 aliphatic carbocycles. The molecule has 1 aliphatic heterocycles. The van der Waals surface area contributed by atoms with Gasteiger partial charge >= 0.3 is 0 Å². The number of hydrogen-bond donors (Lipinski definition) is 1. The Balaban J connectivity index is 1.57. The lowest BCUT2D eigenvalue weighted by molar-refractivity contribution is 0.0988. The van der Waals surface area contributed by atoms with Gasteiger partial charge in [0.05, 0.1) is 5.69 Å². The highest BCUT2D eigenvalue weighted by Crippen LogP contribution is 2.25. The molecule has 0 saturated carbocycles. The van der Waals surface area contributed by atoms with Crippen LogP contribution in [0.3, 0.4) is 0 Å². The van der Waals surface area contributed by atoms with Gasteiger partial charge in [-0.3, -0.25) is 4.79 Å². The number of pyridine rings is 1. The van der Waals surface area contributed by atoms with Crippen LogP contribution in [0.2, 0.25) is 0 Å². The first-order valence-electron chi connectivity index (χ1n) is 9.41. The first-order chi connectivity index (χ1) is 13.5. The maximum atomic E-state index is 12.8. The fourth-order valence-corrected chi connectivity index (χ4v) is 3.60. The molecule has 142 valence electrons. The van der Waals surface area contributed by atoms with E-state index in [4.69, 9.17) is 10.7 Å². The number of ketones is 1. The Labute approximate surface area is 164 Å². The molecule has 6 nitrogen and oxygen atoms in total. The Hall–Kier alpha value is -3.28. The molecule has 28 heavy (non-hydrogen) atoms. The molecule has 3 heterocycles. The van der Waals surface area contributed by atoms with Crippen molar-refractivity contribution in [2.45, 2.75) is 33.2 Å². The van der Waals surface area contributed by atoms with Gasteiger partial charge in [0, 0.05) is 37.7 Å². The van der Waals surface area contributed by atoms with Crippen molar-refractivity contribution in [3.63, 3.8) is 0 Å². The lowest BCUT2D eigenvalue weighted by Crippen LogP contribution is -2.33. The average molecular weight is 373 g/mol. The molecular weight excluding hydrogens is 350 g/mol. The number of fused-ring (bicyclic) bond motifs is 1. The maximum Gasteiger partial charge on any atom is 0.220 e. The second-order valence-corrected chi connectivity index (χ2v) is 7.30. The highest BCUT2D eigenvalue weighted by Gasteiger charge is 2.22. The molecule has 4 rings (SSSR count). The predicted octanol–water partition coefficient (Wildman–Crippen LogP) is 3.06. The second kappa shape index (κ2) is 7.38. The normalized spacial score (nSPS) is 13.3. The summed E-state index contributed by atoms with van der Waals surface area (Å²) in [5.41, 5.74) is 11.4. The van der Waals surface area contributed by atoms with Crippen LogP contribution in [0.4, 0.5) is 11.8 Å². The topological polar surface area (TPSA) is 85.0 Å². The van der Waals surface area contributed by atoms with E-state index >= 15 is 0 Å². The van der Waals surface area contributed by atoms with Gasteiger partial charge in [-0.15, -0.1) is 0 Å². The molecule has 6 heteroatoms. The number of nitrogens with two attached hydrogens (primary N) is 1. The zero-order valence-corrected chi connectivity index (χ0v) is 16.1. The van der Waals surface area contributed by atoms with E-state index in [1.165, 1.54) is 0 Å². The second-order valence-electron chi connectivity index (χ2n) is 7.30. The van der Waals surface area contributed by atoms with Gasteiger partial charge in [0.15, 0.2) is 5.78 Å². The fourth-order valence-electron chi connectivity index (χ4n) is 3.60. The van der Waals surface area contributed by atoms with Crippen LogP contribution in [0, 0.1) is 13.8 Å². The Morgan fingerprint density at radius 3 is 2.86 bits per heavy atom. The van der Waals surface area contributed by atoms with Gasteiger partial charge in [0.1, 0.15) is 11.5 Å². The quantitative estimate of drug-likeness (QED) is 0.708. The summed E-state index contributed by atoms with van der Waals surface area (Å²) < 4.78 is 0. The predicted molar refractivity (Wildman–Crippen MR) is 109 cm³/mol. The lowest BCUT2D eigenvalue weighted by atomic mass is 10.0. The molecule has 0 atom stereocenters. The highest BCUT2D eigenvalue weighted by atomic mass is 16.1. The molecule has 0 unspecified atom stereocenters. The molecule has 2 aromatic heterocycles. The molecule has 0 amide bonds. The van der Waals surface area contributed by atoms with Crippen molar-refractivity contribution in [3.8, 4) is 0 Å². The first-order valence-corrected chi connectivity index (χ1v) is 9.41. The highest BCUT2D eigenvalue weighted by molar-refractivity contribution is 5.96. The molecule has 0 fully saturated rings. The van der Waals surface area contributed by atoms with Gasteiger partial charge in [-0.2, -0.15) is 0 Å². The Bertz CT molecular complexity index is 1050. The van der Waals surface area contributed by atoms with Gasteiger partial charge < -0.3 is 10.6 Å². The van der Waals surface area contributed by atoms with E-state index in [1.807, 2.05) is 50.2 Å². The van der Waals surface area contributed by atoms with Gasteiger partial charge in [0.25, 0.3) is 0 Å². The van der Waals surface area contributed by atoms with Crippen molar-refractivity contribution in [3.05, 3.63) is 76.2 Å². The van der Waals surface area contributed by atoms with Crippen LogP contribution >= 0.6 is 0 Å². The molecule has 0 saturated heterocycles. The molecule has 1 aromatic carbocycles. The van der Waals surface area contributed by atoms with E-state index in [0.717, 1.165) is 46.7 Å². The Kier molecular flexibility index (Phi) is 4.77. The maximum absolute atomic E-state index is 12.8. The van der Waals surface area contributed by atoms with E-state index in [2.05, 4.69) is 14.9 Å². The number of nitrogen functional groups attached to an aromatic ring is 1. The summed E-state index contributed by atoms with van der Waals surface area (Å²) in [7, 11) is 0. The van der Waals surface area contributed by atoms with E-state index in [0.29, 0.717) is 24.6 Å². The molecule has 1 aliphatic rings. The number of aromatic nitrogens is 3. The number of carbonyl (C=O) groups is 1. The van der Waals surface area contributed by atoms with E-state index in [9.17, 15) is 4.79 Å². The van der Waals surface area contributed by atoms with Crippen LogP contribution < -0.4 is 10.6 Å². The number of aryl methyl sites for hydroxylation is 2. The van der Waals surface area contributed by atoms with Crippen molar-refractivity contribution < 1.29 is 4.79 Å². The van der Waals surface area contributed by atoms with Crippen LogP contribution in [-0.4, -0.2) is 27.3 Å². The van der Waals surface area contributed by atoms with E-state index in [1.54, 1.807) is 6.20 Å². The van der Waals surface area contributed by atoms with Crippen molar-refractivity contribution in [2.75, 3.05) is 17.2 Å². The molecule has 0 radical (unpaired) electrons. The zero-order chi connectivity index (χ0) is 19.7. The largest absolute Gasteiger partial charge is 0.368 e. The summed E-state index contributed by atoms with van der Waals surface area (Å²) in [6.45, 7) is 5.50. The smallest absolute Gasteiger partial charge is 0.220 e. The minimum Gasteiger partial charge on any atom is -0.368 e. The summed E-state index contributed by atoms with van der Waals surface area (Å²) in [6, 6.07) is 11.8. The van der Waals surface area contributed by atoms with Gasteiger partial charge in [-0.05, 0) is 31.0 Å². The SMILES string of the molecule is Cc1cccc(CC(=O)c2ccc(C)c(N3CCc4nc(N)ncc4C3)n2)c1. The molecule has 2 N–H and O–H groups in total. The number of carbonyl (C=O) groups excluding carboxylic acids is 1. The van der Waals surface area contributed by atoms with Crippen LogP contribution in [0.15, 0.2) is 42.6 Å². The van der Waals surface area contributed by atoms with E-state index < -0.39 is 0 Å².